The summed E-state index contributed by atoms with van der Waals surface area (Å²) in [5.41, 5.74) is 2.89. The number of amides is 1. The Morgan fingerprint density at radius 3 is 2.65 bits per heavy atom. The second kappa shape index (κ2) is 7.78. The van der Waals surface area contributed by atoms with Gasteiger partial charge in [0.2, 0.25) is 5.91 Å². The summed E-state index contributed by atoms with van der Waals surface area (Å²) in [5, 5.41) is 2.61. The van der Waals surface area contributed by atoms with Gasteiger partial charge in [-0.3, -0.25) is 9.69 Å². The summed E-state index contributed by atoms with van der Waals surface area (Å²) in [6, 6.07) is 13.5. The lowest BCUT2D eigenvalue weighted by atomic mass is 10.00. The van der Waals surface area contributed by atoms with E-state index in [1.807, 2.05) is 12.1 Å². The summed E-state index contributed by atoms with van der Waals surface area (Å²) in [7, 11) is 0. The maximum Gasteiger partial charge on any atom is 0.573 e. The molecule has 2 aromatic carbocycles. The van der Waals surface area contributed by atoms with Gasteiger partial charge in [0.25, 0.3) is 0 Å². The SMILES string of the molecule is O=C(CCN1CCc2ccccc2C1)Nc1cccc(OC(F)(F)F)c1. The average molecular weight is 364 g/mol. The number of carbonyl (C=O) groups excluding carboxylic acids is 1. The van der Waals surface area contributed by atoms with Crippen molar-refractivity contribution >= 4 is 11.6 Å². The van der Waals surface area contributed by atoms with Crippen LogP contribution < -0.4 is 10.1 Å². The minimum absolute atomic E-state index is 0.243. The van der Waals surface area contributed by atoms with Crippen LogP contribution in [0, 0.1) is 0 Å². The molecule has 7 heteroatoms. The molecule has 0 unspecified atom stereocenters. The molecule has 0 radical (unpaired) electrons. The number of benzene rings is 2. The lowest BCUT2D eigenvalue weighted by Gasteiger charge is -2.28. The van der Waals surface area contributed by atoms with E-state index in [9.17, 15) is 18.0 Å². The van der Waals surface area contributed by atoms with Crippen molar-refractivity contribution in [3.63, 3.8) is 0 Å². The van der Waals surface area contributed by atoms with Gasteiger partial charge in [-0.2, -0.15) is 0 Å². The minimum Gasteiger partial charge on any atom is -0.406 e. The normalized spacial score (nSPS) is 14.6. The van der Waals surface area contributed by atoms with Gasteiger partial charge in [0.05, 0.1) is 0 Å². The van der Waals surface area contributed by atoms with Crippen molar-refractivity contribution in [2.45, 2.75) is 25.7 Å². The van der Waals surface area contributed by atoms with Crippen molar-refractivity contribution in [3.8, 4) is 5.75 Å². The largest absolute Gasteiger partial charge is 0.573 e. The highest BCUT2D eigenvalue weighted by molar-refractivity contribution is 5.91. The first kappa shape index (κ1) is 18.3. The zero-order valence-electron chi connectivity index (χ0n) is 14.1. The van der Waals surface area contributed by atoms with Crippen LogP contribution in [-0.4, -0.2) is 30.3 Å². The molecule has 0 fully saturated rings. The van der Waals surface area contributed by atoms with Gasteiger partial charge in [-0.15, -0.1) is 13.2 Å². The summed E-state index contributed by atoms with van der Waals surface area (Å²) < 4.78 is 40.6. The summed E-state index contributed by atoms with van der Waals surface area (Å²) in [6.07, 6.45) is -3.53. The average Bonchev–Trinajstić information content (AvgIpc) is 2.58. The highest BCUT2D eigenvalue weighted by Crippen LogP contribution is 2.25. The summed E-state index contributed by atoms with van der Waals surface area (Å²) in [5.74, 6) is -0.601. The third-order valence-electron chi connectivity index (χ3n) is 4.22. The molecule has 1 heterocycles. The molecule has 1 N–H and O–H groups in total. The Hall–Kier alpha value is -2.54. The molecule has 26 heavy (non-hydrogen) atoms. The Kier molecular flexibility index (Phi) is 5.46. The Bertz CT molecular complexity index is 777. The highest BCUT2D eigenvalue weighted by Gasteiger charge is 2.31. The molecule has 0 bridgehead atoms. The number of anilines is 1. The topological polar surface area (TPSA) is 41.6 Å². The predicted octanol–water partition coefficient (Wildman–Crippen LogP) is 3.97. The van der Waals surface area contributed by atoms with Gasteiger partial charge in [0.15, 0.2) is 0 Å². The Labute approximate surface area is 149 Å². The lowest BCUT2D eigenvalue weighted by Crippen LogP contribution is -2.33. The molecule has 0 saturated heterocycles. The summed E-state index contributed by atoms with van der Waals surface area (Å²) in [4.78, 5) is 14.3. The number of rotatable bonds is 5. The molecule has 1 aliphatic heterocycles. The fourth-order valence-corrected chi connectivity index (χ4v) is 3.00. The quantitative estimate of drug-likeness (QED) is 0.873. The van der Waals surface area contributed by atoms with Crippen molar-refractivity contribution in [2.75, 3.05) is 18.4 Å². The van der Waals surface area contributed by atoms with Gasteiger partial charge in [-0.1, -0.05) is 30.3 Å². The van der Waals surface area contributed by atoms with Gasteiger partial charge in [0.1, 0.15) is 5.75 Å². The fraction of sp³-hybridized carbons (Fsp3) is 0.316. The van der Waals surface area contributed by atoms with Crippen molar-refractivity contribution in [3.05, 3.63) is 59.7 Å². The number of alkyl halides is 3. The van der Waals surface area contributed by atoms with Crippen LogP contribution in [0.4, 0.5) is 18.9 Å². The molecule has 0 aliphatic carbocycles. The van der Waals surface area contributed by atoms with Crippen molar-refractivity contribution in [2.24, 2.45) is 0 Å². The number of fused-ring (bicyclic) bond motifs is 1. The van der Waals surface area contributed by atoms with E-state index < -0.39 is 6.36 Å². The third kappa shape index (κ3) is 5.23. The maximum absolute atomic E-state index is 12.3. The predicted molar refractivity (Wildman–Crippen MR) is 91.8 cm³/mol. The van der Waals surface area contributed by atoms with Crippen LogP contribution >= 0.6 is 0 Å². The molecule has 2 aromatic rings. The number of nitrogens with zero attached hydrogens (tertiary/aromatic N) is 1. The van der Waals surface area contributed by atoms with Crippen molar-refractivity contribution < 1.29 is 22.7 Å². The molecule has 3 rings (SSSR count). The van der Waals surface area contributed by atoms with E-state index in [0.717, 1.165) is 25.6 Å². The van der Waals surface area contributed by atoms with Gasteiger partial charge >= 0.3 is 6.36 Å². The highest BCUT2D eigenvalue weighted by atomic mass is 19.4. The first-order valence-corrected chi connectivity index (χ1v) is 8.34. The van der Waals surface area contributed by atoms with Gasteiger partial charge in [0, 0.05) is 37.8 Å². The standard InChI is InChI=1S/C19H19F3N2O2/c20-19(21,22)26-17-7-3-6-16(12-17)23-18(25)9-11-24-10-8-14-4-1-2-5-15(14)13-24/h1-7,12H,8-11,13H2,(H,23,25). The maximum atomic E-state index is 12.3. The summed E-state index contributed by atoms with van der Waals surface area (Å²) in [6.45, 7) is 2.29. The number of carbonyl (C=O) groups is 1. The van der Waals surface area contributed by atoms with Crippen LogP contribution in [0.25, 0.3) is 0 Å². The van der Waals surface area contributed by atoms with Crippen LogP contribution in [-0.2, 0) is 17.8 Å². The molecule has 138 valence electrons. The first-order chi connectivity index (χ1) is 12.4. The third-order valence-corrected chi connectivity index (χ3v) is 4.22. The smallest absolute Gasteiger partial charge is 0.406 e. The molecule has 4 nitrogen and oxygen atoms in total. The van der Waals surface area contributed by atoms with Crippen LogP contribution in [0.1, 0.15) is 17.5 Å². The first-order valence-electron chi connectivity index (χ1n) is 8.34. The van der Waals surface area contributed by atoms with Crippen LogP contribution in [0.2, 0.25) is 0 Å². The van der Waals surface area contributed by atoms with E-state index in [1.54, 1.807) is 0 Å². The number of ether oxygens (including phenoxy) is 1. The van der Waals surface area contributed by atoms with E-state index in [0.29, 0.717) is 6.54 Å². The van der Waals surface area contributed by atoms with Crippen LogP contribution in [0.3, 0.4) is 0 Å². The Morgan fingerprint density at radius 1 is 1.12 bits per heavy atom. The number of hydrogen-bond acceptors (Lipinski definition) is 3. The zero-order chi connectivity index (χ0) is 18.6. The molecule has 1 aliphatic rings. The molecule has 1 amide bonds. The molecular weight excluding hydrogens is 345 g/mol. The second-order valence-corrected chi connectivity index (χ2v) is 6.17. The van der Waals surface area contributed by atoms with Gasteiger partial charge in [-0.25, -0.2) is 0 Å². The molecular formula is C19H19F3N2O2. The van der Waals surface area contributed by atoms with E-state index >= 15 is 0 Å². The van der Waals surface area contributed by atoms with E-state index in [4.69, 9.17) is 0 Å². The van der Waals surface area contributed by atoms with E-state index in [2.05, 4.69) is 27.1 Å². The van der Waals surface area contributed by atoms with Crippen molar-refractivity contribution in [1.82, 2.24) is 4.90 Å². The molecule has 0 aromatic heterocycles. The summed E-state index contributed by atoms with van der Waals surface area (Å²) >= 11 is 0. The monoisotopic (exact) mass is 364 g/mol. The van der Waals surface area contributed by atoms with Crippen molar-refractivity contribution in [1.29, 1.82) is 0 Å². The van der Waals surface area contributed by atoms with E-state index in [-0.39, 0.29) is 23.8 Å². The molecule has 0 atom stereocenters. The van der Waals surface area contributed by atoms with Gasteiger partial charge in [-0.05, 0) is 29.7 Å². The van der Waals surface area contributed by atoms with Crippen LogP contribution in [0.5, 0.6) is 5.75 Å². The molecule has 0 saturated carbocycles. The Morgan fingerprint density at radius 2 is 1.88 bits per heavy atom. The number of halogens is 3. The zero-order valence-corrected chi connectivity index (χ0v) is 14.1. The molecule has 0 spiro atoms. The van der Waals surface area contributed by atoms with Crippen LogP contribution in [0.15, 0.2) is 48.5 Å². The second-order valence-electron chi connectivity index (χ2n) is 6.17. The lowest BCUT2D eigenvalue weighted by molar-refractivity contribution is -0.274. The fourth-order valence-electron chi connectivity index (χ4n) is 3.00. The number of nitrogens with one attached hydrogen (secondary N) is 1. The Balaban J connectivity index is 1.50. The van der Waals surface area contributed by atoms with Gasteiger partial charge < -0.3 is 10.1 Å². The number of hydrogen-bond donors (Lipinski definition) is 1. The minimum atomic E-state index is -4.76. The van der Waals surface area contributed by atoms with E-state index in [1.165, 1.54) is 29.3 Å².